The van der Waals surface area contributed by atoms with Gasteiger partial charge in [-0.2, -0.15) is 5.10 Å². The standard InChI is InChI=1S/C22H20ClN3O3S/c1-4-29-21(27)18-13(2)24-22-26(19(18)14-7-11-17(28-3)12-8-14)25-20(30-22)15-5-9-16(23)10-6-15/h5-12,19H,4H2,1-3H3. The number of aliphatic imine (C=N–C) groups is 1. The van der Waals surface area contributed by atoms with E-state index in [1.165, 1.54) is 11.8 Å². The van der Waals surface area contributed by atoms with Crippen molar-refractivity contribution in [3.05, 3.63) is 76.0 Å². The van der Waals surface area contributed by atoms with E-state index in [9.17, 15) is 4.79 Å². The van der Waals surface area contributed by atoms with E-state index in [2.05, 4.69) is 4.99 Å². The Morgan fingerprint density at radius 1 is 1.17 bits per heavy atom. The van der Waals surface area contributed by atoms with E-state index in [0.717, 1.165) is 21.9 Å². The van der Waals surface area contributed by atoms with Crippen LogP contribution in [0.5, 0.6) is 5.75 Å². The summed E-state index contributed by atoms with van der Waals surface area (Å²) in [5.74, 6) is 0.349. The van der Waals surface area contributed by atoms with Crippen LogP contribution in [0, 0.1) is 0 Å². The lowest BCUT2D eigenvalue weighted by Crippen LogP contribution is -2.34. The largest absolute Gasteiger partial charge is 0.497 e. The molecule has 0 amide bonds. The van der Waals surface area contributed by atoms with Crippen LogP contribution in [0.1, 0.15) is 31.0 Å². The lowest BCUT2D eigenvalue weighted by atomic mass is 9.95. The van der Waals surface area contributed by atoms with Gasteiger partial charge in [0.15, 0.2) is 5.17 Å². The second kappa shape index (κ2) is 8.53. The fourth-order valence-electron chi connectivity index (χ4n) is 3.33. The number of allylic oxidation sites excluding steroid dienone is 1. The molecule has 0 saturated carbocycles. The summed E-state index contributed by atoms with van der Waals surface area (Å²) >= 11 is 7.48. The van der Waals surface area contributed by atoms with Crippen LogP contribution in [-0.2, 0) is 9.53 Å². The first-order valence-electron chi connectivity index (χ1n) is 9.44. The van der Waals surface area contributed by atoms with Crippen LogP contribution in [0.2, 0.25) is 5.02 Å². The van der Waals surface area contributed by atoms with Crippen LogP contribution in [0.4, 0.5) is 0 Å². The molecule has 0 radical (unpaired) electrons. The summed E-state index contributed by atoms with van der Waals surface area (Å²) in [6.07, 6.45) is 0. The number of rotatable bonds is 5. The van der Waals surface area contributed by atoms with E-state index in [0.29, 0.717) is 21.5 Å². The van der Waals surface area contributed by atoms with Crippen LogP contribution in [0.25, 0.3) is 0 Å². The molecule has 0 N–H and O–H groups in total. The summed E-state index contributed by atoms with van der Waals surface area (Å²) < 4.78 is 10.6. The minimum Gasteiger partial charge on any atom is -0.497 e. The summed E-state index contributed by atoms with van der Waals surface area (Å²) in [5.41, 5.74) is 2.94. The highest BCUT2D eigenvalue weighted by Gasteiger charge is 2.40. The predicted molar refractivity (Wildman–Crippen MR) is 120 cm³/mol. The van der Waals surface area contributed by atoms with Crippen LogP contribution in [-0.4, -0.2) is 34.9 Å². The first kappa shape index (κ1) is 20.5. The quantitative estimate of drug-likeness (QED) is 0.610. The molecule has 1 atom stereocenters. The molecule has 4 rings (SSSR count). The molecule has 2 aromatic carbocycles. The zero-order valence-corrected chi connectivity index (χ0v) is 18.3. The number of carbonyl (C=O) groups excluding carboxylic acids is 1. The number of halogens is 1. The van der Waals surface area contributed by atoms with E-state index in [4.69, 9.17) is 26.2 Å². The van der Waals surface area contributed by atoms with Gasteiger partial charge in [-0.25, -0.2) is 14.8 Å². The average Bonchev–Trinajstić information content (AvgIpc) is 3.17. The Labute approximate surface area is 184 Å². The average molecular weight is 442 g/mol. The summed E-state index contributed by atoms with van der Waals surface area (Å²) in [6.45, 7) is 3.90. The number of carbonyl (C=O) groups is 1. The Morgan fingerprint density at radius 2 is 1.87 bits per heavy atom. The summed E-state index contributed by atoms with van der Waals surface area (Å²) in [4.78, 5) is 17.5. The predicted octanol–water partition coefficient (Wildman–Crippen LogP) is 5.01. The highest BCUT2D eigenvalue weighted by molar-refractivity contribution is 8.27. The lowest BCUT2D eigenvalue weighted by Gasteiger charge is -2.31. The number of thioether (sulfide) groups is 1. The van der Waals surface area contributed by atoms with Crippen molar-refractivity contribution >= 4 is 39.5 Å². The molecular weight excluding hydrogens is 422 g/mol. The number of fused-ring (bicyclic) bond motifs is 1. The highest BCUT2D eigenvalue weighted by Crippen LogP contribution is 2.42. The van der Waals surface area contributed by atoms with Crippen molar-refractivity contribution in [1.29, 1.82) is 0 Å². The minimum absolute atomic E-state index is 0.287. The molecule has 0 bridgehead atoms. The molecule has 0 saturated heterocycles. The molecule has 6 nitrogen and oxygen atoms in total. The number of benzene rings is 2. The zero-order valence-electron chi connectivity index (χ0n) is 16.8. The Balaban J connectivity index is 1.79. The van der Waals surface area contributed by atoms with Gasteiger partial charge in [0.2, 0.25) is 0 Å². The van der Waals surface area contributed by atoms with E-state index < -0.39 is 12.0 Å². The third-order valence-corrected chi connectivity index (χ3v) is 6.00. The third kappa shape index (κ3) is 3.82. The molecule has 2 heterocycles. The van der Waals surface area contributed by atoms with Gasteiger partial charge in [-0.05, 0) is 55.4 Å². The first-order valence-corrected chi connectivity index (χ1v) is 10.6. The maximum atomic E-state index is 12.8. The molecular formula is C22H20ClN3O3S. The van der Waals surface area contributed by atoms with Gasteiger partial charge < -0.3 is 9.47 Å². The normalized spacial score (nSPS) is 18.0. The van der Waals surface area contributed by atoms with E-state index in [1.54, 1.807) is 19.0 Å². The maximum absolute atomic E-state index is 12.8. The number of amidine groups is 1. The molecule has 2 aromatic rings. The number of ether oxygens (including phenoxy) is 2. The molecule has 154 valence electrons. The van der Waals surface area contributed by atoms with Crippen molar-refractivity contribution in [2.45, 2.75) is 19.9 Å². The molecule has 1 unspecified atom stereocenters. The first-order chi connectivity index (χ1) is 14.5. The van der Waals surface area contributed by atoms with Gasteiger partial charge in [0, 0.05) is 10.6 Å². The number of nitrogens with zero attached hydrogens (tertiary/aromatic N) is 3. The van der Waals surface area contributed by atoms with Gasteiger partial charge in [-0.1, -0.05) is 35.9 Å². The van der Waals surface area contributed by atoms with Crippen LogP contribution in [0.15, 0.2) is 69.9 Å². The van der Waals surface area contributed by atoms with Gasteiger partial charge in [0.25, 0.3) is 0 Å². The van der Waals surface area contributed by atoms with E-state index >= 15 is 0 Å². The highest BCUT2D eigenvalue weighted by atomic mass is 35.5. The Morgan fingerprint density at radius 3 is 2.50 bits per heavy atom. The summed E-state index contributed by atoms with van der Waals surface area (Å²) in [5, 5.41) is 8.76. The molecule has 8 heteroatoms. The molecule has 0 aliphatic carbocycles. The van der Waals surface area contributed by atoms with Crippen molar-refractivity contribution in [3.8, 4) is 5.75 Å². The molecule has 0 fully saturated rings. The summed E-state index contributed by atoms with van der Waals surface area (Å²) in [7, 11) is 1.62. The van der Waals surface area contributed by atoms with Crippen LogP contribution >= 0.6 is 23.4 Å². The molecule has 0 aromatic heterocycles. The van der Waals surface area contributed by atoms with Gasteiger partial charge >= 0.3 is 5.97 Å². The smallest absolute Gasteiger partial charge is 0.338 e. The van der Waals surface area contributed by atoms with Crippen LogP contribution < -0.4 is 4.74 Å². The number of hydrazone groups is 1. The van der Waals surface area contributed by atoms with E-state index in [-0.39, 0.29) is 6.61 Å². The van der Waals surface area contributed by atoms with Gasteiger partial charge in [0.05, 0.1) is 25.0 Å². The molecule has 2 aliphatic heterocycles. The Bertz CT molecular complexity index is 1060. The number of methoxy groups -OCH3 is 1. The van der Waals surface area contributed by atoms with Gasteiger partial charge in [-0.15, -0.1) is 0 Å². The zero-order chi connectivity index (χ0) is 21.3. The second-order valence-electron chi connectivity index (χ2n) is 6.65. The van der Waals surface area contributed by atoms with Crippen LogP contribution in [0.3, 0.4) is 0 Å². The van der Waals surface area contributed by atoms with Crippen molar-refractivity contribution in [3.63, 3.8) is 0 Å². The fraction of sp³-hybridized carbons (Fsp3) is 0.227. The number of hydrogen-bond donors (Lipinski definition) is 0. The second-order valence-corrected chi connectivity index (χ2v) is 8.04. The SMILES string of the molecule is CCOC(=O)C1=C(C)N=C2SC(c3ccc(Cl)cc3)=NN2C1c1ccc(OC)cc1. The van der Waals surface area contributed by atoms with Crippen molar-refractivity contribution < 1.29 is 14.3 Å². The topological polar surface area (TPSA) is 63.5 Å². The summed E-state index contributed by atoms with van der Waals surface area (Å²) in [6, 6.07) is 14.6. The Hall–Kier alpha value is -2.77. The van der Waals surface area contributed by atoms with Crippen molar-refractivity contribution in [2.75, 3.05) is 13.7 Å². The minimum atomic E-state index is -0.445. The number of hydrogen-bond acceptors (Lipinski definition) is 7. The van der Waals surface area contributed by atoms with E-state index in [1.807, 2.05) is 55.5 Å². The fourth-order valence-corrected chi connectivity index (χ4v) is 4.44. The molecule has 30 heavy (non-hydrogen) atoms. The maximum Gasteiger partial charge on any atom is 0.338 e. The van der Waals surface area contributed by atoms with Crippen molar-refractivity contribution in [2.24, 2.45) is 10.1 Å². The number of esters is 1. The lowest BCUT2D eigenvalue weighted by molar-refractivity contribution is -0.139. The molecule has 2 aliphatic rings. The van der Waals surface area contributed by atoms with Crippen molar-refractivity contribution in [1.82, 2.24) is 5.01 Å². The molecule has 0 spiro atoms. The Kier molecular flexibility index (Phi) is 5.83. The third-order valence-electron chi connectivity index (χ3n) is 4.77. The van der Waals surface area contributed by atoms with Gasteiger partial charge in [-0.3, -0.25) is 0 Å². The van der Waals surface area contributed by atoms with Gasteiger partial charge in [0.1, 0.15) is 16.8 Å². The monoisotopic (exact) mass is 441 g/mol.